The lowest BCUT2D eigenvalue weighted by atomic mass is 9.99. The first-order valence-corrected chi connectivity index (χ1v) is 6.79. The zero-order valence-electron chi connectivity index (χ0n) is 11.0. The molecule has 1 aromatic rings. The highest BCUT2D eigenvalue weighted by molar-refractivity contribution is 5.18. The van der Waals surface area contributed by atoms with Crippen LogP contribution in [0.3, 0.4) is 0 Å². The normalized spacial score (nSPS) is 20.4. The summed E-state index contributed by atoms with van der Waals surface area (Å²) in [7, 11) is 2.21. The molecule has 2 nitrogen and oxygen atoms in total. The maximum Gasteiger partial charge on any atom is 0.0320 e. The average Bonchev–Trinajstić information content (AvgIpc) is 2.39. The van der Waals surface area contributed by atoms with Gasteiger partial charge in [-0.05, 0) is 45.0 Å². The zero-order chi connectivity index (χ0) is 12.1. The van der Waals surface area contributed by atoms with Crippen molar-refractivity contribution in [3.05, 3.63) is 35.9 Å². The molecule has 94 valence electrons. The third-order valence-corrected chi connectivity index (χ3v) is 3.77. The molecule has 0 spiro atoms. The number of hydrogen-bond donors (Lipinski definition) is 1. The number of likely N-dealkylation sites (tertiary alicyclic amines) is 1. The molecule has 17 heavy (non-hydrogen) atoms. The Morgan fingerprint density at radius 2 is 1.88 bits per heavy atom. The van der Waals surface area contributed by atoms with Crippen LogP contribution in [0.5, 0.6) is 0 Å². The van der Waals surface area contributed by atoms with Gasteiger partial charge in [0.15, 0.2) is 0 Å². The lowest BCUT2D eigenvalue weighted by molar-refractivity contribution is 0.223. The predicted molar refractivity (Wildman–Crippen MR) is 73.1 cm³/mol. The first-order chi connectivity index (χ1) is 8.29. The molecule has 1 aliphatic heterocycles. The fourth-order valence-electron chi connectivity index (χ4n) is 2.59. The maximum absolute atomic E-state index is 3.82. The Hall–Kier alpha value is -0.860. The van der Waals surface area contributed by atoms with E-state index in [-0.39, 0.29) is 0 Å². The summed E-state index contributed by atoms with van der Waals surface area (Å²) < 4.78 is 0. The van der Waals surface area contributed by atoms with Crippen LogP contribution in [0.1, 0.15) is 37.8 Å². The van der Waals surface area contributed by atoms with E-state index in [0.717, 1.165) is 6.42 Å². The van der Waals surface area contributed by atoms with Crippen LogP contribution < -0.4 is 5.32 Å². The molecule has 0 aliphatic carbocycles. The molecule has 1 N–H and O–H groups in total. The molecular formula is C15H24N2. The summed E-state index contributed by atoms with van der Waals surface area (Å²) in [6, 6.07) is 12.0. The Balaban J connectivity index is 1.92. The highest BCUT2D eigenvalue weighted by atomic mass is 15.1. The van der Waals surface area contributed by atoms with Gasteiger partial charge in [0, 0.05) is 12.1 Å². The summed E-state index contributed by atoms with van der Waals surface area (Å²) in [5, 5.41) is 3.82. The van der Waals surface area contributed by atoms with Gasteiger partial charge in [-0.2, -0.15) is 0 Å². The molecule has 1 saturated heterocycles. The maximum atomic E-state index is 3.82. The van der Waals surface area contributed by atoms with Gasteiger partial charge < -0.3 is 10.2 Å². The van der Waals surface area contributed by atoms with E-state index in [2.05, 4.69) is 54.5 Å². The number of nitrogens with one attached hydrogen (secondary N) is 1. The summed E-state index contributed by atoms with van der Waals surface area (Å²) in [6.07, 6.45) is 3.72. The largest absolute Gasteiger partial charge is 0.307 e. The summed E-state index contributed by atoms with van der Waals surface area (Å²) in [5.74, 6) is 0. The van der Waals surface area contributed by atoms with Crippen molar-refractivity contribution in [1.82, 2.24) is 10.2 Å². The van der Waals surface area contributed by atoms with Crippen LogP contribution in [0.2, 0.25) is 0 Å². The van der Waals surface area contributed by atoms with Crippen molar-refractivity contribution in [3.8, 4) is 0 Å². The van der Waals surface area contributed by atoms with Crippen molar-refractivity contribution in [2.45, 2.75) is 38.3 Å². The van der Waals surface area contributed by atoms with Crippen molar-refractivity contribution in [1.29, 1.82) is 0 Å². The Labute approximate surface area is 105 Å². The predicted octanol–water partition coefficient (Wildman–Crippen LogP) is 2.82. The first-order valence-electron chi connectivity index (χ1n) is 6.79. The molecule has 1 unspecified atom stereocenters. The number of piperidine rings is 1. The van der Waals surface area contributed by atoms with Gasteiger partial charge in [-0.3, -0.25) is 0 Å². The van der Waals surface area contributed by atoms with E-state index in [1.807, 2.05) is 0 Å². The fraction of sp³-hybridized carbons (Fsp3) is 0.600. The van der Waals surface area contributed by atoms with Gasteiger partial charge in [0.1, 0.15) is 0 Å². The van der Waals surface area contributed by atoms with Crippen LogP contribution in [-0.4, -0.2) is 31.1 Å². The van der Waals surface area contributed by atoms with Crippen LogP contribution in [0.4, 0.5) is 0 Å². The van der Waals surface area contributed by atoms with Gasteiger partial charge in [-0.15, -0.1) is 0 Å². The van der Waals surface area contributed by atoms with Crippen LogP contribution >= 0.6 is 0 Å². The fourth-order valence-corrected chi connectivity index (χ4v) is 2.59. The second kappa shape index (κ2) is 6.18. The smallest absolute Gasteiger partial charge is 0.0320 e. The molecular weight excluding hydrogens is 208 g/mol. The van der Waals surface area contributed by atoms with Gasteiger partial charge in [0.2, 0.25) is 0 Å². The third-order valence-electron chi connectivity index (χ3n) is 3.77. The van der Waals surface area contributed by atoms with Gasteiger partial charge in [0.25, 0.3) is 0 Å². The van der Waals surface area contributed by atoms with E-state index >= 15 is 0 Å². The number of hydrogen-bond acceptors (Lipinski definition) is 2. The van der Waals surface area contributed by atoms with Gasteiger partial charge in [-0.1, -0.05) is 37.3 Å². The van der Waals surface area contributed by atoms with Crippen molar-refractivity contribution in [2.75, 3.05) is 20.1 Å². The summed E-state index contributed by atoms with van der Waals surface area (Å²) in [5.41, 5.74) is 1.42. The molecule has 1 atom stereocenters. The minimum Gasteiger partial charge on any atom is -0.307 e. The lowest BCUT2D eigenvalue weighted by Crippen LogP contribution is -2.42. The first kappa shape index (κ1) is 12.6. The Morgan fingerprint density at radius 1 is 1.24 bits per heavy atom. The number of rotatable bonds is 4. The van der Waals surface area contributed by atoms with E-state index < -0.39 is 0 Å². The lowest BCUT2D eigenvalue weighted by Gasteiger charge is -2.32. The summed E-state index contributed by atoms with van der Waals surface area (Å²) >= 11 is 0. The molecule has 2 rings (SSSR count). The monoisotopic (exact) mass is 232 g/mol. The highest BCUT2D eigenvalue weighted by Gasteiger charge is 2.19. The summed E-state index contributed by atoms with van der Waals surface area (Å²) in [4.78, 5) is 2.42. The van der Waals surface area contributed by atoms with E-state index in [4.69, 9.17) is 0 Å². The van der Waals surface area contributed by atoms with E-state index in [9.17, 15) is 0 Å². The SMILES string of the molecule is CCC(NC1CCN(C)CC1)c1ccccc1. The minimum atomic E-state index is 0.518. The molecule has 1 aromatic carbocycles. The van der Waals surface area contributed by atoms with Crippen LogP contribution in [-0.2, 0) is 0 Å². The van der Waals surface area contributed by atoms with Gasteiger partial charge in [0.05, 0.1) is 0 Å². The van der Waals surface area contributed by atoms with Crippen LogP contribution in [0, 0.1) is 0 Å². The molecule has 0 radical (unpaired) electrons. The van der Waals surface area contributed by atoms with Crippen molar-refractivity contribution < 1.29 is 0 Å². The number of nitrogens with zero attached hydrogens (tertiary/aromatic N) is 1. The molecule has 0 bridgehead atoms. The molecule has 1 fully saturated rings. The standard InChI is InChI=1S/C15H24N2/c1-3-15(13-7-5-4-6-8-13)16-14-9-11-17(2)12-10-14/h4-8,14-16H,3,9-12H2,1-2H3. The zero-order valence-corrected chi connectivity index (χ0v) is 11.0. The minimum absolute atomic E-state index is 0.518. The average molecular weight is 232 g/mol. The van der Waals surface area contributed by atoms with Crippen molar-refractivity contribution in [2.24, 2.45) is 0 Å². The van der Waals surface area contributed by atoms with Crippen LogP contribution in [0.25, 0.3) is 0 Å². The Bertz CT molecular complexity index is 315. The Morgan fingerprint density at radius 3 is 2.47 bits per heavy atom. The molecule has 0 saturated carbocycles. The second-order valence-corrected chi connectivity index (χ2v) is 5.12. The number of benzene rings is 1. The topological polar surface area (TPSA) is 15.3 Å². The highest BCUT2D eigenvalue weighted by Crippen LogP contribution is 2.19. The Kier molecular flexibility index (Phi) is 4.57. The third kappa shape index (κ3) is 3.55. The van der Waals surface area contributed by atoms with Crippen molar-refractivity contribution >= 4 is 0 Å². The van der Waals surface area contributed by atoms with E-state index in [1.165, 1.54) is 31.5 Å². The second-order valence-electron chi connectivity index (χ2n) is 5.12. The molecule has 1 aliphatic rings. The molecule has 0 amide bonds. The molecule has 0 aromatic heterocycles. The van der Waals surface area contributed by atoms with Crippen LogP contribution in [0.15, 0.2) is 30.3 Å². The quantitative estimate of drug-likeness (QED) is 0.858. The van der Waals surface area contributed by atoms with Crippen molar-refractivity contribution in [3.63, 3.8) is 0 Å². The van der Waals surface area contributed by atoms with Gasteiger partial charge in [-0.25, -0.2) is 0 Å². The van der Waals surface area contributed by atoms with E-state index in [1.54, 1.807) is 0 Å². The molecule has 2 heteroatoms. The summed E-state index contributed by atoms with van der Waals surface area (Å²) in [6.45, 7) is 4.71. The molecule has 1 heterocycles. The van der Waals surface area contributed by atoms with E-state index in [0.29, 0.717) is 12.1 Å². The van der Waals surface area contributed by atoms with Gasteiger partial charge >= 0.3 is 0 Å².